The Kier molecular flexibility index (Phi) is 26.0. The summed E-state index contributed by atoms with van der Waals surface area (Å²) in [6.45, 7) is 4.88. The highest BCUT2D eigenvalue weighted by Crippen LogP contribution is 2.43. The van der Waals surface area contributed by atoms with Gasteiger partial charge in [-0.2, -0.15) is 0 Å². The first-order chi connectivity index (χ1) is 20.1. The molecule has 0 amide bonds. The van der Waals surface area contributed by atoms with Gasteiger partial charge >= 0.3 is 13.8 Å². The zero-order valence-electron chi connectivity index (χ0n) is 27.2. The van der Waals surface area contributed by atoms with Crippen LogP contribution in [0.5, 0.6) is 0 Å². The average Bonchev–Trinajstić information content (AvgIpc) is 2.93. The lowest BCUT2D eigenvalue weighted by Gasteiger charge is -2.24. The van der Waals surface area contributed by atoms with E-state index in [-0.39, 0.29) is 26.2 Å². The lowest BCUT2D eigenvalue weighted by Crippen LogP contribution is -2.37. The minimum atomic E-state index is -4.23. The van der Waals surface area contributed by atoms with E-state index in [1.54, 1.807) is 6.92 Å². The number of hydrogen-bond acceptors (Lipinski definition) is 6. The Hall–Kier alpha value is -1.54. The molecule has 0 heterocycles. The SMILES string of the molecule is CC/C=C\C/C=C\C/C=C\C/C=C\CCCCCCCCCOCC(COP(=O)(O)OCC[N+](C)(C)C)OC(=O)CC. The molecular formula is C33H61NO7P+. The van der Waals surface area contributed by atoms with Crippen LogP contribution in [0.2, 0.25) is 0 Å². The van der Waals surface area contributed by atoms with Crippen LogP contribution in [0.25, 0.3) is 0 Å². The van der Waals surface area contributed by atoms with Crippen LogP contribution in [-0.2, 0) is 27.9 Å². The zero-order valence-corrected chi connectivity index (χ0v) is 28.1. The van der Waals surface area contributed by atoms with Crippen LogP contribution in [0, 0.1) is 0 Å². The number of esters is 1. The van der Waals surface area contributed by atoms with Crippen molar-refractivity contribution in [2.24, 2.45) is 0 Å². The highest BCUT2D eigenvalue weighted by molar-refractivity contribution is 7.47. The number of nitrogens with zero attached hydrogens (tertiary/aromatic N) is 1. The van der Waals surface area contributed by atoms with Gasteiger partial charge in [0.25, 0.3) is 0 Å². The van der Waals surface area contributed by atoms with Gasteiger partial charge in [0.05, 0.1) is 34.4 Å². The second-order valence-corrected chi connectivity index (χ2v) is 12.9. The molecule has 1 N–H and O–H groups in total. The molecule has 0 rings (SSSR count). The van der Waals surface area contributed by atoms with Crippen molar-refractivity contribution in [2.45, 2.75) is 103 Å². The van der Waals surface area contributed by atoms with Crippen LogP contribution in [0.15, 0.2) is 48.6 Å². The number of allylic oxidation sites excluding steroid dienone is 8. The summed E-state index contributed by atoms with van der Waals surface area (Å²) in [6, 6.07) is 0. The molecule has 0 spiro atoms. The number of hydrogen-bond donors (Lipinski definition) is 1. The summed E-state index contributed by atoms with van der Waals surface area (Å²) >= 11 is 0. The van der Waals surface area contributed by atoms with Crippen molar-refractivity contribution in [1.29, 1.82) is 0 Å². The van der Waals surface area contributed by atoms with E-state index in [1.165, 1.54) is 32.1 Å². The Bertz CT molecular complexity index is 818. The van der Waals surface area contributed by atoms with Crippen LogP contribution in [-0.4, -0.2) is 75.6 Å². The maximum absolute atomic E-state index is 12.1. The third kappa shape index (κ3) is 29.9. The fraction of sp³-hybridized carbons (Fsp3) is 0.727. The van der Waals surface area contributed by atoms with Gasteiger partial charge < -0.3 is 18.9 Å². The Morgan fingerprint density at radius 1 is 0.738 bits per heavy atom. The molecule has 0 aromatic rings. The van der Waals surface area contributed by atoms with E-state index in [0.717, 1.165) is 44.9 Å². The minimum Gasteiger partial charge on any atom is -0.457 e. The first kappa shape index (κ1) is 40.5. The molecule has 0 radical (unpaired) electrons. The standard InChI is InChI=1S/C33H60NO7P/c1-6-8-9-10-11-12-13-14-15-16-17-18-19-20-21-22-23-24-25-26-28-38-30-32(41-33(35)7-2)31-40-42(36,37)39-29-27-34(3,4)5/h8-9,11-12,14-15,17-18,32H,6-7,10,13,16,19-31H2,1-5H3/p+1/b9-8-,12-11-,15-14-,18-17-. The zero-order chi connectivity index (χ0) is 31.4. The number of likely N-dealkylation sites (N-methyl/N-ethyl adjacent to an activating group) is 1. The van der Waals surface area contributed by atoms with Crippen molar-refractivity contribution in [3.8, 4) is 0 Å². The van der Waals surface area contributed by atoms with Crippen LogP contribution >= 0.6 is 7.82 Å². The Morgan fingerprint density at radius 2 is 1.29 bits per heavy atom. The molecular weight excluding hydrogens is 553 g/mol. The van der Waals surface area contributed by atoms with Crippen LogP contribution < -0.4 is 0 Å². The number of carbonyl (C=O) groups excluding carboxylic acids is 1. The van der Waals surface area contributed by atoms with Crippen molar-refractivity contribution in [3.63, 3.8) is 0 Å². The summed E-state index contributed by atoms with van der Waals surface area (Å²) in [7, 11) is 1.64. The molecule has 0 aliphatic heterocycles. The molecule has 0 bridgehead atoms. The molecule has 0 aliphatic carbocycles. The number of phosphoric acid groups is 1. The van der Waals surface area contributed by atoms with Gasteiger partial charge in [-0.25, -0.2) is 4.57 Å². The molecule has 0 fully saturated rings. The first-order valence-electron chi connectivity index (χ1n) is 15.9. The van der Waals surface area contributed by atoms with Crippen molar-refractivity contribution in [3.05, 3.63) is 48.6 Å². The van der Waals surface area contributed by atoms with Crippen LogP contribution in [0.1, 0.15) is 97.3 Å². The second-order valence-electron chi connectivity index (χ2n) is 11.4. The highest BCUT2D eigenvalue weighted by atomic mass is 31.2. The van der Waals surface area contributed by atoms with Gasteiger partial charge in [-0.05, 0) is 44.9 Å². The molecule has 8 nitrogen and oxygen atoms in total. The number of carbonyl (C=O) groups is 1. The van der Waals surface area contributed by atoms with Crippen LogP contribution in [0.4, 0.5) is 0 Å². The molecule has 0 saturated heterocycles. The van der Waals surface area contributed by atoms with Gasteiger partial charge in [-0.1, -0.05) is 94.6 Å². The monoisotopic (exact) mass is 614 g/mol. The Balaban J connectivity index is 3.85. The van der Waals surface area contributed by atoms with Gasteiger partial charge in [0.1, 0.15) is 19.3 Å². The summed E-state index contributed by atoms with van der Waals surface area (Å²) in [5.74, 6) is -0.409. The van der Waals surface area contributed by atoms with Crippen LogP contribution in [0.3, 0.4) is 0 Å². The maximum atomic E-state index is 12.1. The van der Waals surface area contributed by atoms with Gasteiger partial charge in [-0.3, -0.25) is 13.8 Å². The van der Waals surface area contributed by atoms with E-state index in [9.17, 15) is 14.3 Å². The number of unbranched alkanes of at least 4 members (excludes halogenated alkanes) is 7. The number of rotatable bonds is 28. The molecule has 244 valence electrons. The lowest BCUT2D eigenvalue weighted by molar-refractivity contribution is -0.870. The van der Waals surface area contributed by atoms with Gasteiger partial charge in [0.15, 0.2) is 0 Å². The Labute approximate surface area is 257 Å². The molecule has 0 saturated carbocycles. The normalized spacial score (nSPS) is 14.9. The van der Waals surface area contributed by atoms with Gasteiger partial charge in [-0.15, -0.1) is 0 Å². The summed E-state index contributed by atoms with van der Waals surface area (Å²) in [6.07, 6.45) is 30.7. The predicted octanol–water partition coefficient (Wildman–Crippen LogP) is 8.09. The predicted molar refractivity (Wildman–Crippen MR) is 173 cm³/mol. The Morgan fingerprint density at radius 3 is 1.86 bits per heavy atom. The second kappa shape index (κ2) is 27.0. The fourth-order valence-corrected chi connectivity index (χ4v) is 4.43. The summed E-state index contributed by atoms with van der Waals surface area (Å²) in [4.78, 5) is 21.7. The van der Waals surface area contributed by atoms with Crippen molar-refractivity contribution < 1.29 is 37.3 Å². The van der Waals surface area contributed by atoms with E-state index in [2.05, 4.69) is 55.5 Å². The van der Waals surface area contributed by atoms with Crippen molar-refractivity contribution in [1.82, 2.24) is 0 Å². The number of phosphoric ester groups is 1. The van der Waals surface area contributed by atoms with Crippen molar-refractivity contribution >= 4 is 13.8 Å². The van der Waals surface area contributed by atoms with E-state index >= 15 is 0 Å². The van der Waals surface area contributed by atoms with Gasteiger partial charge in [0.2, 0.25) is 0 Å². The first-order valence-corrected chi connectivity index (χ1v) is 17.4. The molecule has 2 unspecified atom stereocenters. The summed E-state index contributed by atoms with van der Waals surface area (Å²) in [5.41, 5.74) is 0. The molecule has 2 atom stereocenters. The molecule has 0 aromatic carbocycles. The maximum Gasteiger partial charge on any atom is 0.472 e. The van der Waals surface area contributed by atoms with E-state index < -0.39 is 19.9 Å². The largest absolute Gasteiger partial charge is 0.472 e. The summed E-state index contributed by atoms with van der Waals surface area (Å²) in [5, 5.41) is 0. The topological polar surface area (TPSA) is 91.3 Å². The minimum absolute atomic E-state index is 0.0818. The average molecular weight is 615 g/mol. The quantitative estimate of drug-likeness (QED) is 0.0313. The van der Waals surface area contributed by atoms with E-state index in [1.807, 2.05) is 21.1 Å². The molecule has 9 heteroatoms. The van der Waals surface area contributed by atoms with Crippen molar-refractivity contribution in [2.75, 3.05) is 54.1 Å². The highest BCUT2D eigenvalue weighted by Gasteiger charge is 2.26. The smallest absolute Gasteiger partial charge is 0.457 e. The van der Waals surface area contributed by atoms with E-state index in [0.29, 0.717) is 17.6 Å². The molecule has 0 aliphatic rings. The third-order valence-corrected chi connectivity index (χ3v) is 7.19. The third-order valence-electron chi connectivity index (χ3n) is 6.21. The summed E-state index contributed by atoms with van der Waals surface area (Å²) < 4.78 is 33.8. The lowest BCUT2D eigenvalue weighted by atomic mass is 10.1. The number of quaternary nitrogens is 1. The molecule has 42 heavy (non-hydrogen) atoms. The number of ether oxygens (including phenoxy) is 2. The fourth-order valence-electron chi connectivity index (χ4n) is 3.69. The van der Waals surface area contributed by atoms with Gasteiger partial charge in [0, 0.05) is 13.0 Å². The molecule has 0 aromatic heterocycles. The van der Waals surface area contributed by atoms with E-state index in [4.69, 9.17) is 18.5 Å².